The third-order valence-electron chi connectivity index (χ3n) is 5.51. The molecule has 1 aliphatic heterocycles. The highest BCUT2D eigenvalue weighted by molar-refractivity contribution is 7.92. The molecule has 2 aromatic rings. The minimum atomic E-state index is -4.09. The van der Waals surface area contributed by atoms with Crippen molar-refractivity contribution in [2.24, 2.45) is 11.7 Å². The van der Waals surface area contributed by atoms with Gasteiger partial charge in [0.15, 0.2) is 0 Å². The van der Waals surface area contributed by atoms with Crippen molar-refractivity contribution in [3.8, 4) is 11.5 Å². The maximum atomic E-state index is 13.6. The fourth-order valence-electron chi connectivity index (χ4n) is 3.65. The van der Waals surface area contributed by atoms with Crippen LogP contribution in [-0.2, 0) is 19.6 Å². The monoisotopic (exact) mass is 461 g/mol. The first-order chi connectivity index (χ1) is 15.3. The number of likely N-dealkylation sites (tertiary alicyclic amines) is 1. The first kappa shape index (κ1) is 23.4. The van der Waals surface area contributed by atoms with E-state index in [2.05, 4.69) is 0 Å². The molecule has 1 saturated heterocycles. The zero-order chi connectivity index (χ0) is 23.3. The molecule has 32 heavy (non-hydrogen) atoms. The van der Waals surface area contributed by atoms with E-state index in [1.165, 1.54) is 32.4 Å². The van der Waals surface area contributed by atoms with E-state index in [1.54, 1.807) is 35.2 Å². The molecule has 0 radical (unpaired) electrons. The SMILES string of the molecule is COc1ccc(OC)c(N(CC(=O)N2CCC(C(N)=O)CC2)S(=O)(=O)c2ccccc2)c1. The van der Waals surface area contributed by atoms with Crippen LogP contribution in [0.4, 0.5) is 5.69 Å². The van der Waals surface area contributed by atoms with Crippen LogP contribution in [-0.4, -0.2) is 59.0 Å². The lowest BCUT2D eigenvalue weighted by atomic mass is 9.96. The van der Waals surface area contributed by atoms with E-state index >= 15 is 0 Å². The minimum Gasteiger partial charge on any atom is -0.497 e. The average molecular weight is 462 g/mol. The van der Waals surface area contributed by atoms with Gasteiger partial charge < -0.3 is 20.1 Å². The van der Waals surface area contributed by atoms with Gasteiger partial charge in [-0.15, -0.1) is 0 Å². The Hall–Kier alpha value is -3.27. The van der Waals surface area contributed by atoms with Crippen LogP contribution >= 0.6 is 0 Å². The maximum Gasteiger partial charge on any atom is 0.264 e. The van der Waals surface area contributed by atoms with Gasteiger partial charge in [-0.1, -0.05) is 18.2 Å². The van der Waals surface area contributed by atoms with Crippen molar-refractivity contribution in [1.29, 1.82) is 0 Å². The molecule has 0 unspecified atom stereocenters. The van der Waals surface area contributed by atoms with Crippen LogP contribution in [0.15, 0.2) is 53.4 Å². The minimum absolute atomic E-state index is 0.0464. The molecule has 2 N–H and O–H groups in total. The molecule has 0 saturated carbocycles. The number of carbonyl (C=O) groups excluding carboxylic acids is 2. The summed E-state index contributed by atoms with van der Waals surface area (Å²) in [5.74, 6) is -0.334. The molecule has 1 aliphatic rings. The Morgan fingerprint density at radius 3 is 2.28 bits per heavy atom. The fraction of sp³-hybridized carbons (Fsp3) is 0.364. The van der Waals surface area contributed by atoms with E-state index in [-0.39, 0.29) is 34.1 Å². The average Bonchev–Trinajstić information content (AvgIpc) is 2.82. The third-order valence-corrected chi connectivity index (χ3v) is 7.29. The number of ether oxygens (including phenoxy) is 2. The van der Waals surface area contributed by atoms with Gasteiger partial charge in [0.05, 0.1) is 24.8 Å². The van der Waals surface area contributed by atoms with Crippen molar-refractivity contribution in [2.45, 2.75) is 17.7 Å². The molecule has 0 aromatic heterocycles. The van der Waals surface area contributed by atoms with Gasteiger partial charge in [-0.2, -0.15) is 0 Å². The number of carbonyl (C=O) groups is 2. The lowest BCUT2D eigenvalue weighted by Crippen LogP contribution is -2.47. The highest BCUT2D eigenvalue weighted by Crippen LogP contribution is 2.35. The predicted molar refractivity (Wildman–Crippen MR) is 119 cm³/mol. The Balaban J connectivity index is 1.97. The number of rotatable bonds is 8. The number of primary amides is 1. The third kappa shape index (κ3) is 4.96. The van der Waals surface area contributed by atoms with Gasteiger partial charge in [-0.05, 0) is 37.1 Å². The van der Waals surface area contributed by atoms with Gasteiger partial charge in [0.2, 0.25) is 11.8 Å². The molecule has 172 valence electrons. The van der Waals surface area contributed by atoms with Crippen LogP contribution in [0.25, 0.3) is 0 Å². The van der Waals surface area contributed by atoms with Crippen molar-refractivity contribution in [3.63, 3.8) is 0 Å². The molecule has 0 spiro atoms. The first-order valence-electron chi connectivity index (χ1n) is 10.1. The Morgan fingerprint density at radius 1 is 1.06 bits per heavy atom. The van der Waals surface area contributed by atoms with E-state index in [9.17, 15) is 18.0 Å². The second-order valence-corrected chi connectivity index (χ2v) is 9.28. The van der Waals surface area contributed by atoms with Crippen LogP contribution in [0, 0.1) is 5.92 Å². The Kier molecular flexibility index (Phi) is 7.24. The van der Waals surface area contributed by atoms with Crippen molar-refractivity contribution in [1.82, 2.24) is 4.90 Å². The molecule has 1 fully saturated rings. The molecular formula is C22H27N3O6S. The molecule has 2 aromatic carbocycles. The topological polar surface area (TPSA) is 119 Å². The van der Waals surface area contributed by atoms with Gasteiger partial charge in [0, 0.05) is 25.1 Å². The fourth-order valence-corrected chi connectivity index (χ4v) is 5.08. The highest BCUT2D eigenvalue weighted by Gasteiger charge is 2.33. The Morgan fingerprint density at radius 2 is 1.72 bits per heavy atom. The van der Waals surface area contributed by atoms with Gasteiger partial charge >= 0.3 is 0 Å². The number of amides is 2. The second kappa shape index (κ2) is 9.90. The van der Waals surface area contributed by atoms with Crippen molar-refractivity contribution < 1.29 is 27.5 Å². The number of hydrogen-bond donors (Lipinski definition) is 1. The zero-order valence-corrected chi connectivity index (χ0v) is 18.9. The summed E-state index contributed by atoms with van der Waals surface area (Å²) < 4.78 is 38.8. The Bertz CT molecular complexity index is 1070. The lowest BCUT2D eigenvalue weighted by Gasteiger charge is -2.33. The Labute approximate surface area is 187 Å². The van der Waals surface area contributed by atoms with Crippen molar-refractivity contribution in [3.05, 3.63) is 48.5 Å². The molecule has 9 nitrogen and oxygen atoms in total. The predicted octanol–water partition coefficient (Wildman–Crippen LogP) is 1.62. The van der Waals surface area contributed by atoms with E-state index in [4.69, 9.17) is 15.2 Å². The van der Waals surface area contributed by atoms with E-state index in [0.717, 1.165) is 4.31 Å². The molecule has 10 heteroatoms. The van der Waals surface area contributed by atoms with Crippen LogP contribution in [0.5, 0.6) is 11.5 Å². The summed E-state index contributed by atoms with van der Waals surface area (Å²) in [6.07, 6.45) is 0.907. The molecule has 1 heterocycles. The summed E-state index contributed by atoms with van der Waals surface area (Å²) in [7, 11) is -1.20. The molecule has 3 rings (SSSR count). The standard InChI is InChI=1S/C22H27N3O6S/c1-30-17-8-9-20(31-2)19(14-17)25(32(28,29)18-6-4-3-5-7-18)15-21(26)24-12-10-16(11-13-24)22(23)27/h3-9,14,16H,10-13,15H2,1-2H3,(H2,23,27). The quantitative estimate of drug-likeness (QED) is 0.638. The number of hydrogen-bond acceptors (Lipinski definition) is 6. The number of nitrogens with zero attached hydrogens (tertiary/aromatic N) is 2. The number of nitrogens with two attached hydrogens (primary N) is 1. The van der Waals surface area contributed by atoms with Crippen LogP contribution in [0.1, 0.15) is 12.8 Å². The lowest BCUT2D eigenvalue weighted by molar-refractivity contribution is -0.133. The number of methoxy groups -OCH3 is 2. The molecule has 0 aliphatic carbocycles. The number of piperidine rings is 1. The van der Waals surface area contributed by atoms with E-state index in [0.29, 0.717) is 31.7 Å². The van der Waals surface area contributed by atoms with E-state index in [1.807, 2.05) is 0 Å². The van der Waals surface area contributed by atoms with E-state index < -0.39 is 16.6 Å². The van der Waals surface area contributed by atoms with Crippen LogP contribution in [0.3, 0.4) is 0 Å². The van der Waals surface area contributed by atoms with Gasteiger partial charge in [0.25, 0.3) is 10.0 Å². The second-order valence-electron chi connectivity index (χ2n) is 7.42. The summed E-state index contributed by atoms with van der Waals surface area (Å²) in [4.78, 5) is 26.1. The van der Waals surface area contributed by atoms with Crippen LogP contribution in [0.2, 0.25) is 0 Å². The van der Waals surface area contributed by atoms with Gasteiger partial charge in [0.1, 0.15) is 18.0 Å². The van der Waals surface area contributed by atoms with Crippen molar-refractivity contribution >= 4 is 27.5 Å². The van der Waals surface area contributed by atoms with Gasteiger partial charge in [-0.25, -0.2) is 8.42 Å². The number of anilines is 1. The first-order valence-corrected chi connectivity index (χ1v) is 11.6. The zero-order valence-electron chi connectivity index (χ0n) is 18.1. The normalized spacial score (nSPS) is 14.6. The van der Waals surface area contributed by atoms with Gasteiger partial charge in [-0.3, -0.25) is 13.9 Å². The summed E-state index contributed by atoms with van der Waals surface area (Å²) in [5, 5.41) is 0. The summed E-state index contributed by atoms with van der Waals surface area (Å²) in [6, 6.07) is 12.6. The number of benzene rings is 2. The smallest absolute Gasteiger partial charge is 0.264 e. The maximum absolute atomic E-state index is 13.6. The summed E-state index contributed by atoms with van der Waals surface area (Å²) in [5.41, 5.74) is 5.56. The summed E-state index contributed by atoms with van der Waals surface area (Å²) in [6.45, 7) is 0.240. The molecule has 2 amide bonds. The summed E-state index contributed by atoms with van der Waals surface area (Å²) >= 11 is 0. The van der Waals surface area contributed by atoms with Crippen LogP contribution < -0.4 is 19.5 Å². The molecule has 0 bridgehead atoms. The number of sulfonamides is 1. The highest BCUT2D eigenvalue weighted by atomic mass is 32.2. The van der Waals surface area contributed by atoms with Crippen molar-refractivity contribution in [2.75, 3.05) is 38.2 Å². The molecule has 0 atom stereocenters. The molecular weight excluding hydrogens is 434 g/mol. The largest absolute Gasteiger partial charge is 0.497 e.